The van der Waals surface area contributed by atoms with Crippen molar-refractivity contribution in [2.24, 2.45) is 0 Å². The lowest BCUT2D eigenvalue weighted by molar-refractivity contribution is -0.248. The van der Waals surface area contributed by atoms with Crippen LogP contribution in [0.1, 0.15) is 16.7 Å². The summed E-state index contributed by atoms with van der Waals surface area (Å²) < 4.78 is 58.0. The van der Waals surface area contributed by atoms with Gasteiger partial charge in [-0.2, -0.15) is 13.2 Å². The van der Waals surface area contributed by atoms with Crippen molar-refractivity contribution in [3.05, 3.63) is 87.9 Å². The predicted octanol–water partition coefficient (Wildman–Crippen LogP) is 2.76. The van der Waals surface area contributed by atoms with Gasteiger partial charge in [-0.3, -0.25) is 4.79 Å². The lowest BCUT2D eigenvalue weighted by Crippen LogP contribution is -2.43. The number of halogens is 4. The molecule has 37 heavy (non-hydrogen) atoms. The molecule has 194 valence electrons. The monoisotopic (exact) mass is 519 g/mol. The van der Waals surface area contributed by atoms with E-state index in [1.807, 2.05) is 0 Å². The minimum atomic E-state index is -5.31. The molecule has 9 nitrogen and oxygen atoms in total. The van der Waals surface area contributed by atoms with Crippen molar-refractivity contribution in [2.45, 2.75) is 24.4 Å². The van der Waals surface area contributed by atoms with E-state index in [2.05, 4.69) is 15.3 Å². The number of H-pyrrole nitrogens is 1. The summed E-state index contributed by atoms with van der Waals surface area (Å²) in [4.78, 5) is 18.6. The minimum absolute atomic E-state index is 0.0188. The fourth-order valence-electron chi connectivity index (χ4n) is 4.01. The van der Waals surface area contributed by atoms with Crippen molar-refractivity contribution in [3.63, 3.8) is 0 Å². The average molecular weight is 519 g/mol. The van der Waals surface area contributed by atoms with E-state index in [4.69, 9.17) is 5.41 Å². The number of benzene rings is 2. The van der Waals surface area contributed by atoms with Gasteiger partial charge in [0, 0.05) is 34.9 Å². The molecule has 2 unspecified atom stereocenters. The van der Waals surface area contributed by atoms with Crippen molar-refractivity contribution in [2.75, 3.05) is 11.9 Å². The van der Waals surface area contributed by atoms with Gasteiger partial charge in [-0.05, 0) is 42.0 Å². The molecule has 2 aromatic carbocycles. The number of hydrogen-bond donors (Lipinski definition) is 6. The number of aliphatic hydroxyl groups is 3. The molecule has 0 amide bonds. The third-order valence-corrected chi connectivity index (χ3v) is 5.82. The number of nitrogens with zero attached hydrogens (tertiary/aromatic N) is 2. The van der Waals surface area contributed by atoms with Crippen molar-refractivity contribution in [3.8, 4) is 0 Å². The average Bonchev–Trinajstić information content (AvgIpc) is 3.24. The van der Waals surface area contributed by atoms with E-state index in [-0.39, 0.29) is 16.8 Å². The Morgan fingerprint density at radius 2 is 1.89 bits per heavy atom. The molecule has 0 aliphatic rings. The van der Waals surface area contributed by atoms with Crippen LogP contribution in [-0.4, -0.2) is 55.0 Å². The molecule has 4 aromatic rings. The van der Waals surface area contributed by atoms with E-state index in [9.17, 15) is 37.7 Å². The van der Waals surface area contributed by atoms with Crippen LogP contribution in [-0.2, 0) is 12.1 Å². The molecule has 2 heterocycles. The van der Waals surface area contributed by atoms with E-state index in [1.165, 1.54) is 30.3 Å². The van der Waals surface area contributed by atoms with Crippen LogP contribution in [0, 0.1) is 11.2 Å². The van der Waals surface area contributed by atoms with Crippen LogP contribution >= 0.6 is 0 Å². The number of rotatable bonds is 8. The number of anilines is 2. The molecule has 0 spiro atoms. The molecule has 0 aliphatic heterocycles. The Labute approximate surface area is 206 Å². The maximum Gasteiger partial charge on any atom is 0.425 e. The van der Waals surface area contributed by atoms with E-state index < -0.39 is 59.1 Å². The first-order valence-electron chi connectivity index (χ1n) is 10.8. The lowest BCUT2D eigenvalue weighted by Gasteiger charge is -2.31. The van der Waals surface area contributed by atoms with Crippen LogP contribution in [0.3, 0.4) is 0 Å². The molecular formula is C24H21F4N5O4. The van der Waals surface area contributed by atoms with Crippen molar-refractivity contribution < 1.29 is 32.9 Å². The number of aliphatic hydroxyl groups excluding tert-OH is 2. The zero-order valence-corrected chi connectivity index (χ0v) is 18.9. The molecule has 0 bridgehead atoms. The number of aromatic amines is 1. The highest BCUT2D eigenvalue weighted by atomic mass is 19.4. The highest BCUT2D eigenvalue weighted by Gasteiger charge is 2.58. The Morgan fingerprint density at radius 3 is 2.51 bits per heavy atom. The van der Waals surface area contributed by atoms with E-state index >= 15 is 0 Å². The van der Waals surface area contributed by atoms with E-state index in [1.54, 1.807) is 0 Å². The molecular weight excluding hydrogens is 498 g/mol. The van der Waals surface area contributed by atoms with Crippen LogP contribution in [0.15, 0.2) is 59.8 Å². The SMILES string of the molecule is N=Cc1cc(C(O)(c2cn(CC(O)CO)c3c(=O)[nH]cnc23)C(F)(F)F)ccc1Nc1ccc(F)cc1. The van der Waals surface area contributed by atoms with Gasteiger partial charge in [-0.25, -0.2) is 9.37 Å². The molecule has 13 heteroatoms. The zero-order valence-electron chi connectivity index (χ0n) is 18.9. The fourth-order valence-corrected chi connectivity index (χ4v) is 4.01. The summed E-state index contributed by atoms with van der Waals surface area (Å²) in [5.74, 6) is -0.485. The van der Waals surface area contributed by atoms with Gasteiger partial charge in [-0.1, -0.05) is 6.07 Å². The van der Waals surface area contributed by atoms with Crippen LogP contribution in [0.4, 0.5) is 28.9 Å². The molecule has 6 N–H and O–H groups in total. The highest BCUT2D eigenvalue weighted by Crippen LogP contribution is 2.47. The van der Waals surface area contributed by atoms with Crippen molar-refractivity contribution >= 4 is 28.6 Å². The normalized spacial score (nSPS) is 14.4. The van der Waals surface area contributed by atoms with Gasteiger partial charge >= 0.3 is 6.18 Å². The van der Waals surface area contributed by atoms with Crippen LogP contribution in [0.2, 0.25) is 0 Å². The summed E-state index contributed by atoms with van der Waals surface area (Å²) in [7, 11) is 0. The maximum absolute atomic E-state index is 14.6. The molecule has 0 aliphatic carbocycles. The number of fused-ring (bicyclic) bond motifs is 1. The Morgan fingerprint density at radius 1 is 1.19 bits per heavy atom. The largest absolute Gasteiger partial charge is 0.425 e. The second kappa shape index (κ2) is 9.76. The zero-order chi connectivity index (χ0) is 27.0. The first kappa shape index (κ1) is 26.0. The van der Waals surface area contributed by atoms with Gasteiger partial charge < -0.3 is 35.6 Å². The first-order valence-corrected chi connectivity index (χ1v) is 10.8. The van der Waals surface area contributed by atoms with Crippen LogP contribution in [0.5, 0.6) is 0 Å². The Kier molecular flexibility index (Phi) is 6.86. The number of aromatic nitrogens is 3. The summed E-state index contributed by atoms with van der Waals surface area (Å²) in [6.45, 7) is -1.16. The fraction of sp³-hybridized carbons (Fsp3) is 0.208. The Balaban J connectivity index is 1.89. The summed E-state index contributed by atoms with van der Waals surface area (Å²) in [5.41, 5.74) is -6.11. The topological polar surface area (TPSA) is 147 Å². The van der Waals surface area contributed by atoms with Gasteiger partial charge in [0.05, 0.1) is 25.6 Å². The van der Waals surface area contributed by atoms with Crippen molar-refractivity contribution in [1.29, 1.82) is 5.41 Å². The number of alkyl halides is 3. The summed E-state index contributed by atoms with van der Waals surface area (Å²) in [6, 6.07) is 8.37. The Bertz CT molecular complexity index is 1500. The predicted molar refractivity (Wildman–Crippen MR) is 127 cm³/mol. The quantitative estimate of drug-likeness (QED) is 0.156. The van der Waals surface area contributed by atoms with Gasteiger partial charge in [0.2, 0.25) is 5.60 Å². The molecule has 0 fully saturated rings. The molecule has 2 aromatic heterocycles. The van der Waals surface area contributed by atoms with Gasteiger partial charge in [0.15, 0.2) is 0 Å². The molecule has 2 atom stereocenters. The standard InChI is InChI=1S/C24H21F4N5O4/c25-15-2-4-16(5-3-15)32-19-6-1-14(7-13(19)8-29)23(37,24(26,27)28)18-10-33(9-17(35)11-34)21-20(18)30-12-31-22(21)36/h1-8,10,12,17,29,32,34-35,37H,9,11H2,(H,30,31,36). The molecule has 0 radical (unpaired) electrons. The van der Waals surface area contributed by atoms with Gasteiger partial charge in [0.25, 0.3) is 5.56 Å². The maximum atomic E-state index is 14.6. The second-order valence-electron chi connectivity index (χ2n) is 8.25. The number of nitrogens with one attached hydrogen (secondary N) is 3. The summed E-state index contributed by atoms with van der Waals surface area (Å²) >= 11 is 0. The van der Waals surface area contributed by atoms with Gasteiger partial charge in [0.1, 0.15) is 16.9 Å². The molecule has 0 saturated heterocycles. The highest BCUT2D eigenvalue weighted by molar-refractivity contribution is 5.88. The lowest BCUT2D eigenvalue weighted by atomic mass is 9.85. The van der Waals surface area contributed by atoms with Gasteiger partial charge in [-0.15, -0.1) is 0 Å². The number of hydrogen-bond acceptors (Lipinski definition) is 7. The van der Waals surface area contributed by atoms with E-state index in [0.29, 0.717) is 5.69 Å². The third-order valence-electron chi connectivity index (χ3n) is 5.82. The van der Waals surface area contributed by atoms with Crippen molar-refractivity contribution in [1.82, 2.24) is 14.5 Å². The third kappa shape index (κ3) is 4.71. The van der Waals surface area contributed by atoms with Crippen LogP contribution in [0.25, 0.3) is 11.0 Å². The summed E-state index contributed by atoms with van der Waals surface area (Å²) in [5, 5.41) is 40.9. The Hall–Kier alpha value is -4.07. The van der Waals surface area contributed by atoms with Crippen LogP contribution < -0.4 is 10.9 Å². The van der Waals surface area contributed by atoms with E-state index in [0.717, 1.165) is 35.4 Å². The summed E-state index contributed by atoms with van der Waals surface area (Å²) in [6.07, 6.45) is -4.18. The first-order chi connectivity index (χ1) is 17.5. The smallest absolute Gasteiger partial charge is 0.394 e. The molecule has 0 saturated carbocycles. The second-order valence-corrected chi connectivity index (χ2v) is 8.25. The minimum Gasteiger partial charge on any atom is -0.394 e. The molecule has 4 rings (SSSR count).